The monoisotopic (exact) mass is 241 g/mol. The maximum Gasteiger partial charge on any atom is 0.0498 e. The molecule has 0 fully saturated rings. The standard InChI is InChI=1S/C9H8BrNS/c10-4-1-8-7-3-6-12-9(7)2-5-11-8/h2-3,5-6H,1,4H2. The number of rotatable bonds is 2. The van der Waals surface area contributed by atoms with Gasteiger partial charge in [-0.3, -0.25) is 4.98 Å². The SMILES string of the molecule is BrCCc1nccc2sccc12. The predicted molar refractivity (Wildman–Crippen MR) is 57.1 cm³/mol. The van der Waals surface area contributed by atoms with E-state index in [1.807, 2.05) is 6.20 Å². The van der Waals surface area contributed by atoms with E-state index in [2.05, 4.69) is 38.4 Å². The van der Waals surface area contributed by atoms with E-state index in [4.69, 9.17) is 0 Å². The summed E-state index contributed by atoms with van der Waals surface area (Å²) in [5, 5.41) is 4.40. The Labute approximate surface area is 83.6 Å². The Hall–Kier alpha value is -0.410. The Morgan fingerprint density at radius 3 is 3.17 bits per heavy atom. The molecule has 0 amide bonds. The van der Waals surface area contributed by atoms with E-state index in [1.54, 1.807) is 11.3 Å². The summed E-state index contributed by atoms with van der Waals surface area (Å²) in [4.78, 5) is 4.35. The lowest BCUT2D eigenvalue weighted by Crippen LogP contribution is -1.89. The van der Waals surface area contributed by atoms with Crippen LogP contribution in [-0.2, 0) is 6.42 Å². The maximum atomic E-state index is 4.35. The van der Waals surface area contributed by atoms with Crippen LogP contribution in [0.15, 0.2) is 23.7 Å². The van der Waals surface area contributed by atoms with Gasteiger partial charge in [-0.2, -0.15) is 0 Å². The summed E-state index contributed by atoms with van der Waals surface area (Å²) in [5.41, 5.74) is 1.20. The highest BCUT2D eigenvalue weighted by Crippen LogP contribution is 2.22. The second kappa shape index (κ2) is 3.54. The number of pyridine rings is 1. The van der Waals surface area contributed by atoms with Crippen molar-refractivity contribution in [3.05, 3.63) is 29.4 Å². The third-order valence-electron chi connectivity index (χ3n) is 1.79. The summed E-state index contributed by atoms with van der Waals surface area (Å²) in [7, 11) is 0. The van der Waals surface area contributed by atoms with E-state index >= 15 is 0 Å². The molecule has 0 aliphatic carbocycles. The number of fused-ring (bicyclic) bond motifs is 1. The van der Waals surface area contributed by atoms with Crippen LogP contribution < -0.4 is 0 Å². The van der Waals surface area contributed by atoms with E-state index in [1.165, 1.54) is 15.8 Å². The van der Waals surface area contributed by atoms with Gasteiger partial charge in [0.05, 0.1) is 0 Å². The zero-order chi connectivity index (χ0) is 8.39. The molecule has 0 atom stereocenters. The van der Waals surface area contributed by atoms with Crippen LogP contribution in [0.4, 0.5) is 0 Å². The third kappa shape index (κ3) is 1.39. The molecule has 1 nitrogen and oxygen atoms in total. The molecule has 12 heavy (non-hydrogen) atoms. The predicted octanol–water partition coefficient (Wildman–Crippen LogP) is 3.23. The lowest BCUT2D eigenvalue weighted by molar-refractivity contribution is 1.08. The highest BCUT2D eigenvalue weighted by Gasteiger charge is 2.01. The van der Waals surface area contributed by atoms with Gasteiger partial charge in [0.2, 0.25) is 0 Å². The average Bonchev–Trinajstić information content (AvgIpc) is 2.53. The Bertz CT molecular complexity index is 383. The largest absolute Gasteiger partial charge is 0.261 e. The lowest BCUT2D eigenvalue weighted by atomic mass is 10.2. The number of hydrogen-bond acceptors (Lipinski definition) is 2. The van der Waals surface area contributed by atoms with E-state index in [0.717, 1.165) is 11.8 Å². The molecule has 0 N–H and O–H groups in total. The summed E-state index contributed by atoms with van der Waals surface area (Å²) >= 11 is 5.20. The van der Waals surface area contributed by atoms with Crippen LogP contribution >= 0.6 is 27.3 Å². The molecule has 0 saturated heterocycles. The molecule has 62 valence electrons. The van der Waals surface area contributed by atoms with Crippen LogP contribution in [-0.4, -0.2) is 10.3 Å². The van der Waals surface area contributed by atoms with Crippen LogP contribution in [0.25, 0.3) is 10.1 Å². The van der Waals surface area contributed by atoms with Gasteiger partial charge in [0.25, 0.3) is 0 Å². The van der Waals surface area contributed by atoms with E-state index in [-0.39, 0.29) is 0 Å². The van der Waals surface area contributed by atoms with Gasteiger partial charge in [-0.25, -0.2) is 0 Å². The lowest BCUT2D eigenvalue weighted by Gasteiger charge is -1.97. The van der Waals surface area contributed by atoms with E-state index in [0.29, 0.717) is 0 Å². The van der Waals surface area contributed by atoms with Crippen molar-refractivity contribution in [2.45, 2.75) is 6.42 Å². The number of halogens is 1. The van der Waals surface area contributed by atoms with E-state index in [9.17, 15) is 0 Å². The van der Waals surface area contributed by atoms with Crippen molar-refractivity contribution in [2.75, 3.05) is 5.33 Å². The summed E-state index contributed by atoms with van der Waals surface area (Å²) in [6, 6.07) is 4.21. The molecular weight excluding hydrogens is 234 g/mol. The van der Waals surface area contributed by atoms with Crippen LogP contribution in [0.3, 0.4) is 0 Å². The second-order valence-electron chi connectivity index (χ2n) is 2.53. The van der Waals surface area contributed by atoms with Crippen molar-refractivity contribution < 1.29 is 0 Å². The van der Waals surface area contributed by atoms with Crippen LogP contribution in [0, 0.1) is 0 Å². The zero-order valence-corrected chi connectivity index (χ0v) is 8.86. The van der Waals surface area contributed by atoms with Gasteiger partial charge in [-0.1, -0.05) is 15.9 Å². The first kappa shape index (κ1) is 8.20. The van der Waals surface area contributed by atoms with Crippen molar-refractivity contribution in [1.29, 1.82) is 0 Å². The van der Waals surface area contributed by atoms with Crippen molar-refractivity contribution in [1.82, 2.24) is 4.98 Å². The van der Waals surface area contributed by atoms with Crippen LogP contribution in [0.1, 0.15) is 5.69 Å². The van der Waals surface area contributed by atoms with Gasteiger partial charge in [-0.05, 0) is 23.9 Å². The number of thiophene rings is 1. The maximum absolute atomic E-state index is 4.35. The first-order chi connectivity index (χ1) is 5.92. The molecule has 2 aromatic rings. The Morgan fingerprint density at radius 1 is 1.42 bits per heavy atom. The van der Waals surface area contributed by atoms with Crippen LogP contribution in [0.5, 0.6) is 0 Å². The topological polar surface area (TPSA) is 12.9 Å². The summed E-state index contributed by atoms with van der Waals surface area (Å²) in [6.07, 6.45) is 2.89. The Balaban J connectivity index is 2.57. The van der Waals surface area contributed by atoms with Gasteiger partial charge in [0.1, 0.15) is 0 Å². The minimum Gasteiger partial charge on any atom is -0.261 e. The fourth-order valence-corrected chi connectivity index (χ4v) is 2.42. The molecule has 0 saturated carbocycles. The number of nitrogens with zero attached hydrogens (tertiary/aromatic N) is 1. The summed E-state index contributed by atoms with van der Waals surface area (Å²) in [6.45, 7) is 0. The zero-order valence-electron chi connectivity index (χ0n) is 6.46. The molecule has 2 rings (SSSR count). The van der Waals surface area contributed by atoms with Gasteiger partial charge in [0.15, 0.2) is 0 Å². The molecule has 2 aromatic heterocycles. The van der Waals surface area contributed by atoms with Gasteiger partial charge in [0, 0.05) is 27.3 Å². The van der Waals surface area contributed by atoms with Crippen molar-refractivity contribution in [3.8, 4) is 0 Å². The Morgan fingerprint density at radius 2 is 2.33 bits per heavy atom. The second-order valence-corrected chi connectivity index (χ2v) is 4.27. The molecule has 0 bridgehead atoms. The number of aromatic nitrogens is 1. The highest BCUT2D eigenvalue weighted by molar-refractivity contribution is 9.09. The first-order valence-corrected chi connectivity index (χ1v) is 5.79. The third-order valence-corrected chi connectivity index (χ3v) is 3.07. The molecule has 0 radical (unpaired) electrons. The molecule has 0 aromatic carbocycles. The van der Waals surface area contributed by atoms with Crippen molar-refractivity contribution in [2.24, 2.45) is 0 Å². The fraction of sp³-hybridized carbons (Fsp3) is 0.222. The van der Waals surface area contributed by atoms with Crippen molar-refractivity contribution >= 4 is 37.4 Å². The molecule has 0 spiro atoms. The fourth-order valence-electron chi connectivity index (χ4n) is 1.24. The normalized spacial score (nSPS) is 10.8. The van der Waals surface area contributed by atoms with E-state index < -0.39 is 0 Å². The van der Waals surface area contributed by atoms with Crippen LogP contribution in [0.2, 0.25) is 0 Å². The number of alkyl halides is 1. The molecular formula is C9H8BrNS. The molecule has 0 unspecified atom stereocenters. The molecule has 0 aliphatic rings. The molecule has 3 heteroatoms. The smallest absolute Gasteiger partial charge is 0.0498 e. The highest BCUT2D eigenvalue weighted by atomic mass is 79.9. The quantitative estimate of drug-likeness (QED) is 0.737. The van der Waals surface area contributed by atoms with Gasteiger partial charge in [-0.15, -0.1) is 11.3 Å². The molecule has 0 aliphatic heterocycles. The van der Waals surface area contributed by atoms with Gasteiger partial charge < -0.3 is 0 Å². The van der Waals surface area contributed by atoms with Crippen molar-refractivity contribution in [3.63, 3.8) is 0 Å². The Kier molecular flexibility index (Phi) is 2.42. The average molecular weight is 242 g/mol. The molecule has 2 heterocycles. The minimum absolute atomic E-state index is 0.981. The summed E-state index contributed by atoms with van der Waals surface area (Å²) in [5.74, 6) is 0. The summed E-state index contributed by atoms with van der Waals surface area (Å²) < 4.78 is 1.33. The first-order valence-electron chi connectivity index (χ1n) is 3.79. The number of aryl methyl sites for hydroxylation is 1. The number of hydrogen-bond donors (Lipinski definition) is 0. The van der Waals surface area contributed by atoms with Gasteiger partial charge >= 0.3 is 0 Å². The minimum atomic E-state index is 0.981.